The summed E-state index contributed by atoms with van der Waals surface area (Å²) in [6.07, 6.45) is -0.600. The Morgan fingerprint density at radius 3 is 2.50 bits per heavy atom. The van der Waals surface area contributed by atoms with Gasteiger partial charge in [-0.1, -0.05) is 23.8 Å². The van der Waals surface area contributed by atoms with Gasteiger partial charge in [0.25, 0.3) is 5.91 Å². The maximum Gasteiger partial charge on any atom is 0.260 e. The first-order valence-electron chi connectivity index (χ1n) is 7.86. The third-order valence-corrected chi connectivity index (χ3v) is 3.41. The Hall–Kier alpha value is -2.69. The molecule has 0 bridgehead atoms. The average molecular weight is 329 g/mol. The number of aryl methyl sites for hydroxylation is 1. The van der Waals surface area contributed by atoms with Gasteiger partial charge in [0, 0.05) is 6.07 Å². The summed E-state index contributed by atoms with van der Waals surface area (Å²) >= 11 is 0. The predicted molar refractivity (Wildman–Crippen MR) is 92.8 cm³/mol. The normalized spacial score (nSPS) is 11.5. The van der Waals surface area contributed by atoms with Crippen LogP contribution in [0.4, 0.5) is 0 Å². The van der Waals surface area contributed by atoms with Crippen LogP contribution in [-0.2, 0) is 4.79 Å². The molecule has 0 unspecified atom stereocenters. The molecular formula is C19H23NO4. The lowest BCUT2D eigenvalue weighted by Gasteiger charge is -2.15. The zero-order chi connectivity index (χ0) is 17.4. The molecule has 2 aromatic rings. The lowest BCUT2D eigenvalue weighted by Crippen LogP contribution is -2.38. The molecule has 0 saturated heterocycles. The second-order valence-electron chi connectivity index (χ2n) is 5.39. The molecule has 0 aliphatic rings. The van der Waals surface area contributed by atoms with Crippen LogP contribution in [0.15, 0.2) is 48.5 Å². The summed E-state index contributed by atoms with van der Waals surface area (Å²) in [6, 6.07) is 14.9. The van der Waals surface area contributed by atoms with Crippen LogP contribution < -0.4 is 19.5 Å². The highest BCUT2D eigenvalue weighted by molar-refractivity contribution is 5.80. The molecule has 5 heteroatoms. The highest BCUT2D eigenvalue weighted by atomic mass is 16.5. The fourth-order valence-corrected chi connectivity index (χ4v) is 2.05. The number of hydrogen-bond donors (Lipinski definition) is 1. The average Bonchev–Trinajstić information content (AvgIpc) is 2.60. The van der Waals surface area contributed by atoms with Crippen molar-refractivity contribution in [2.24, 2.45) is 0 Å². The Morgan fingerprint density at radius 1 is 1.08 bits per heavy atom. The largest absolute Gasteiger partial charge is 0.497 e. The van der Waals surface area contributed by atoms with Crippen LogP contribution in [0, 0.1) is 6.92 Å². The molecule has 0 fully saturated rings. The van der Waals surface area contributed by atoms with Crippen molar-refractivity contribution in [3.05, 3.63) is 54.1 Å². The third kappa shape index (κ3) is 5.50. The van der Waals surface area contributed by atoms with E-state index in [-0.39, 0.29) is 5.91 Å². The van der Waals surface area contributed by atoms with Crippen molar-refractivity contribution >= 4 is 5.91 Å². The molecule has 24 heavy (non-hydrogen) atoms. The van der Waals surface area contributed by atoms with Crippen LogP contribution >= 0.6 is 0 Å². The molecule has 2 rings (SSSR count). The molecule has 0 heterocycles. The number of rotatable bonds is 8. The molecule has 0 saturated carbocycles. The molecular weight excluding hydrogens is 306 g/mol. The Balaban J connectivity index is 1.72. The van der Waals surface area contributed by atoms with E-state index in [2.05, 4.69) is 5.32 Å². The summed E-state index contributed by atoms with van der Waals surface area (Å²) in [6.45, 7) is 4.54. The summed E-state index contributed by atoms with van der Waals surface area (Å²) in [4.78, 5) is 12.0. The summed E-state index contributed by atoms with van der Waals surface area (Å²) < 4.78 is 16.3. The van der Waals surface area contributed by atoms with Crippen molar-refractivity contribution < 1.29 is 19.0 Å². The number of amides is 1. The molecule has 1 N–H and O–H groups in total. The highest BCUT2D eigenvalue weighted by Gasteiger charge is 2.14. The maximum atomic E-state index is 12.0. The van der Waals surface area contributed by atoms with Crippen LogP contribution in [0.1, 0.15) is 12.5 Å². The number of carbonyl (C=O) groups excluding carboxylic acids is 1. The molecule has 1 atom stereocenters. The van der Waals surface area contributed by atoms with Crippen molar-refractivity contribution in [3.8, 4) is 17.2 Å². The Morgan fingerprint density at radius 2 is 1.79 bits per heavy atom. The maximum absolute atomic E-state index is 12.0. The lowest BCUT2D eigenvalue weighted by atomic mass is 10.2. The first kappa shape index (κ1) is 17.7. The SMILES string of the molecule is COc1cccc(O[C@@H](C)C(=O)NCCOc2ccc(C)cc2)c1. The van der Waals surface area contributed by atoms with Crippen LogP contribution in [0.5, 0.6) is 17.2 Å². The van der Waals surface area contributed by atoms with Crippen molar-refractivity contribution in [1.82, 2.24) is 5.32 Å². The second kappa shape index (κ2) is 8.82. The monoisotopic (exact) mass is 329 g/mol. The van der Waals surface area contributed by atoms with Gasteiger partial charge in [-0.05, 0) is 38.1 Å². The minimum Gasteiger partial charge on any atom is -0.497 e. The molecule has 2 aromatic carbocycles. The van der Waals surface area contributed by atoms with Gasteiger partial charge in [-0.25, -0.2) is 0 Å². The van der Waals surface area contributed by atoms with E-state index in [9.17, 15) is 4.79 Å². The van der Waals surface area contributed by atoms with Gasteiger partial charge in [0.1, 0.15) is 23.9 Å². The van der Waals surface area contributed by atoms with E-state index in [1.54, 1.807) is 26.2 Å². The predicted octanol–water partition coefficient (Wildman–Crippen LogP) is 2.97. The zero-order valence-corrected chi connectivity index (χ0v) is 14.2. The van der Waals surface area contributed by atoms with Gasteiger partial charge in [-0.2, -0.15) is 0 Å². The fraction of sp³-hybridized carbons (Fsp3) is 0.316. The van der Waals surface area contributed by atoms with Crippen LogP contribution in [0.2, 0.25) is 0 Å². The summed E-state index contributed by atoms with van der Waals surface area (Å²) in [5, 5.41) is 2.79. The molecule has 0 radical (unpaired) electrons. The van der Waals surface area contributed by atoms with E-state index in [1.165, 1.54) is 5.56 Å². The summed E-state index contributed by atoms with van der Waals surface area (Å²) in [5.74, 6) is 1.88. The molecule has 5 nitrogen and oxygen atoms in total. The van der Waals surface area contributed by atoms with E-state index in [0.717, 1.165) is 5.75 Å². The van der Waals surface area contributed by atoms with Crippen molar-refractivity contribution in [1.29, 1.82) is 0 Å². The van der Waals surface area contributed by atoms with Crippen LogP contribution in [0.25, 0.3) is 0 Å². The lowest BCUT2D eigenvalue weighted by molar-refractivity contribution is -0.127. The van der Waals surface area contributed by atoms with E-state index >= 15 is 0 Å². The quantitative estimate of drug-likeness (QED) is 0.757. The fourth-order valence-electron chi connectivity index (χ4n) is 2.05. The summed E-state index contributed by atoms with van der Waals surface area (Å²) in [7, 11) is 1.59. The van der Waals surface area contributed by atoms with Gasteiger partial charge in [0.15, 0.2) is 6.10 Å². The van der Waals surface area contributed by atoms with Crippen molar-refractivity contribution in [2.45, 2.75) is 20.0 Å². The highest BCUT2D eigenvalue weighted by Crippen LogP contribution is 2.19. The van der Waals surface area contributed by atoms with Gasteiger partial charge in [-0.15, -0.1) is 0 Å². The van der Waals surface area contributed by atoms with Crippen molar-refractivity contribution in [2.75, 3.05) is 20.3 Å². The molecule has 128 valence electrons. The van der Waals surface area contributed by atoms with E-state index < -0.39 is 6.10 Å². The minimum absolute atomic E-state index is 0.190. The van der Waals surface area contributed by atoms with Crippen molar-refractivity contribution in [3.63, 3.8) is 0 Å². The first-order valence-corrected chi connectivity index (χ1v) is 7.86. The number of nitrogens with one attached hydrogen (secondary N) is 1. The first-order chi connectivity index (χ1) is 11.6. The van der Waals surface area contributed by atoms with E-state index in [4.69, 9.17) is 14.2 Å². The molecule has 1 amide bonds. The number of ether oxygens (including phenoxy) is 3. The Labute approximate surface area is 142 Å². The van der Waals surface area contributed by atoms with Gasteiger partial charge in [0.05, 0.1) is 13.7 Å². The minimum atomic E-state index is -0.600. The number of benzene rings is 2. The second-order valence-corrected chi connectivity index (χ2v) is 5.39. The third-order valence-electron chi connectivity index (χ3n) is 3.41. The van der Waals surface area contributed by atoms with Gasteiger partial charge < -0.3 is 19.5 Å². The smallest absolute Gasteiger partial charge is 0.260 e. The molecule has 0 aliphatic carbocycles. The molecule has 0 aromatic heterocycles. The number of carbonyl (C=O) groups is 1. The topological polar surface area (TPSA) is 56.8 Å². The standard InChI is InChI=1S/C19H23NO4/c1-14-7-9-16(10-8-14)23-12-11-20-19(21)15(2)24-18-6-4-5-17(13-18)22-3/h4-10,13,15H,11-12H2,1-3H3,(H,20,21)/t15-/m0/s1. The Bertz CT molecular complexity index is 655. The Kier molecular flexibility index (Phi) is 6.49. The summed E-state index contributed by atoms with van der Waals surface area (Å²) in [5.41, 5.74) is 1.18. The van der Waals surface area contributed by atoms with Gasteiger partial charge in [0.2, 0.25) is 0 Å². The zero-order valence-electron chi connectivity index (χ0n) is 14.2. The van der Waals surface area contributed by atoms with Gasteiger partial charge >= 0.3 is 0 Å². The molecule has 0 spiro atoms. The number of hydrogen-bond acceptors (Lipinski definition) is 4. The van der Waals surface area contributed by atoms with E-state index in [0.29, 0.717) is 24.7 Å². The van der Waals surface area contributed by atoms with Gasteiger partial charge in [-0.3, -0.25) is 4.79 Å². The number of methoxy groups -OCH3 is 1. The van der Waals surface area contributed by atoms with E-state index in [1.807, 2.05) is 43.3 Å². The van der Waals surface area contributed by atoms with Crippen LogP contribution in [0.3, 0.4) is 0 Å². The van der Waals surface area contributed by atoms with Crippen LogP contribution in [-0.4, -0.2) is 32.3 Å². The molecule has 0 aliphatic heterocycles.